The summed E-state index contributed by atoms with van der Waals surface area (Å²) in [6.45, 7) is -0.0934. The van der Waals surface area contributed by atoms with Gasteiger partial charge >= 0.3 is 0 Å². The van der Waals surface area contributed by atoms with E-state index in [2.05, 4.69) is 0 Å². The number of benzene rings is 1. The van der Waals surface area contributed by atoms with Crippen molar-refractivity contribution >= 4 is 11.6 Å². The molecule has 0 radical (unpaired) electrons. The zero-order valence-electron chi connectivity index (χ0n) is 9.20. The fraction of sp³-hybridized carbons (Fsp3) is 0.500. The molecule has 1 aliphatic rings. The predicted molar refractivity (Wildman–Crippen MR) is 62.2 cm³/mol. The average molecular weight is 243 g/mol. The lowest BCUT2D eigenvalue weighted by Gasteiger charge is -2.27. The van der Waals surface area contributed by atoms with E-state index in [-0.39, 0.29) is 12.7 Å². The Bertz CT molecular complexity index is 375. The van der Waals surface area contributed by atoms with Crippen molar-refractivity contribution in [2.45, 2.75) is 32.0 Å². The molecule has 1 aliphatic carbocycles. The summed E-state index contributed by atoms with van der Waals surface area (Å²) in [6, 6.07) is 3.43. The van der Waals surface area contributed by atoms with Crippen molar-refractivity contribution in [3.63, 3.8) is 0 Å². The predicted octanol–water partition coefficient (Wildman–Crippen LogP) is 2.77. The normalized spacial score (nSPS) is 15.7. The van der Waals surface area contributed by atoms with Crippen LogP contribution in [-0.4, -0.2) is 18.3 Å². The second-order valence-electron chi connectivity index (χ2n) is 3.92. The van der Waals surface area contributed by atoms with E-state index in [0.717, 1.165) is 12.8 Å². The van der Waals surface area contributed by atoms with Crippen molar-refractivity contribution in [3.8, 4) is 11.5 Å². The van der Waals surface area contributed by atoms with Gasteiger partial charge in [-0.3, -0.25) is 0 Å². The smallest absolute Gasteiger partial charge is 0.162 e. The summed E-state index contributed by atoms with van der Waals surface area (Å²) in [5, 5.41) is 9.63. The quantitative estimate of drug-likeness (QED) is 0.883. The zero-order valence-corrected chi connectivity index (χ0v) is 9.96. The monoisotopic (exact) mass is 242 g/mol. The Hall–Kier alpha value is -0.930. The van der Waals surface area contributed by atoms with E-state index >= 15 is 0 Å². The number of aliphatic hydroxyl groups is 1. The van der Waals surface area contributed by atoms with Gasteiger partial charge in [0.2, 0.25) is 0 Å². The SMILES string of the molecule is COc1cc(Cl)c(CO)cc1OC1CCC1. The first-order valence-corrected chi connectivity index (χ1v) is 5.76. The van der Waals surface area contributed by atoms with Crippen molar-refractivity contribution in [2.75, 3.05) is 7.11 Å². The van der Waals surface area contributed by atoms with E-state index in [0.29, 0.717) is 22.1 Å². The van der Waals surface area contributed by atoms with E-state index in [4.69, 9.17) is 26.2 Å². The third-order valence-electron chi connectivity index (χ3n) is 2.85. The Labute approximate surface area is 99.9 Å². The second-order valence-corrected chi connectivity index (χ2v) is 4.33. The molecule has 2 rings (SSSR count). The maximum absolute atomic E-state index is 9.13. The maximum Gasteiger partial charge on any atom is 0.162 e. The van der Waals surface area contributed by atoms with Crippen LogP contribution in [0.5, 0.6) is 11.5 Å². The molecule has 0 heterocycles. The van der Waals surface area contributed by atoms with Crippen LogP contribution < -0.4 is 9.47 Å². The molecule has 0 unspecified atom stereocenters. The Morgan fingerprint density at radius 3 is 2.62 bits per heavy atom. The molecule has 1 aromatic rings. The highest BCUT2D eigenvalue weighted by Gasteiger charge is 2.21. The summed E-state index contributed by atoms with van der Waals surface area (Å²) in [5.41, 5.74) is 0.664. The van der Waals surface area contributed by atoms with E-state index in [1.165, 1.54) is 6.42 Å². The van der Waals surface area contributed by atoms with Crippen molar-refractivity contribution < 1.29 is 14.6 Å². The number of rotatable bonds is 4. The molecule has 0 spiro atoms. The van der Waals surface area contributed by atoms with Gasteiger partial charge in [0, 0.05) is 6.07 Å². The summed E-state index contributed by atoms with van der Waals surface area (Å²) >= 11 is 5.97. The fourth-order valence-electron chi connectivity index (χ4n) is 1.62. The third-order valence-corrected chi connectivity index (χ3v) is 3.20. The molecule has 16 heavy (non-hydrogen) atoms. The lowest BCUT2D eigenvalue weighted by Crippen LogP contribution is -2.24. The van der Waals surface area contributed by atoms with Gasteiger partial charge in [-0.1, -0.05) is 11.6 Å². The Morgan fingerprint density at radius 1 is 1.38 bits per heavy atom. The van der Waals surface area contributed by atoms with Crippen LogP contribution in [0.25, 0.3) is 0 Å². The number of methoxy groups -OCH3 is 1. The molecular formula is C12H15ClO3. The van der Waals surface area contributed by atoms with E-state index in [9.17, 15) is 0 Å². The minimum Gasteiger partial charge on any atom is -0.493 e. The summed E-state index contributed by atoms with van der Waals surface area (Å²) in [5.74, 6) is 1.29. The number of aliphatic hydroxyl groups excluding tert-OH is 1. The van der Waals surface area contributed by atoms with Crippen molar-refractivity contribution in [1.82, 2.24) is 0 Å². The van der Waals surface area contributed by atoms with Gasteiger partial charge in [-0.05, 0) is 30.9 Å². The lowest BCUT2D eigenvalue weighted by molar-refractivity contribution is 0.115. The van der Waals surface area contributed by atoms with Gasteiger partial charge in [-0.2, -0.15) is 0 Å². The number of hydrogen-bond acceptors (Lipinski definition) is 3. The van der Waals surface area contributed by atoms with Crippen LogP contribution in [0.2, 0.25) is 5.02 Å². The Morgan fingerprint density at radius 2 is 2.12 bits per heavy atom. The van der Waals surface area contributed by atoms with Crippen LogP contribution in [0.4, 0.5) is 0 Å². The minimum absolute atomic E-state index is 0.0934. The van der Waals surface area contributed by atoms with Crippen LogP contribution in [0, 0.1) is 0 Å². The second kappa shape index (κ2) is 4.93. The molecule has 0 bridgehead atoms. The van der Waals surface area contributed by atoms with Crippen molar-refractivity contribution in [2.24, 2.45) is 0 Å². The fourth-order valence-corrected chi connectivity index (χ4v) is 1.83. The summed E-state index contributed by atoms with van der Waals surface area (Å²) in [6.07, 6.45) is 3.66. The van der Waals surface area contributed by atoms with Crippen molar-refractivity contribution in [3.05, 3.63) is 22.7 Å². The van der Waals surface area contributed by atoms with Gasteiger partial charge in [0.1, 0.15) is 0 Å². The summed E-state index contributed by atoms with van der Waals surface area (Å²) in [7, 11) is 1.58. The van der Waals surface area contributed by atoms with Crippen LogP contribution in [0.1, 0.15) is 24.8 Å². The Kier molecular flexibility index (Phi) is 3.56. The molecule has 0 atom stereocenters. The first-order valence-electron chi connectivity index (χ1n) is 5.38. The maximum atomic E-state index is 9.13. The van der Waals surface area contributed by atoms with Crippen LogP contribution in [0.3, 0.4) is 0 Å². The molecule has 3 nitrogen and oxygen atoms in total. The van der Waals surface area contributed by atoms with E-state index < -0.39 is 0 Å². The largest absolute Gasteiger partial charge is 0.493 e. The molecule has 4 heteroatoms. The molecule has 1 aromatic carbocycles. The molecule has 0 aliphatic heterocycles. The molecule has 0 aromatic heterocycles. The third kappa shape index (κ3) is 2.25. The van der Waals surface area contributed by atoms with Crippen LogP contribution >= 0.6 is 11.6 Å². The standard InChI is InChI=1S/C12H15ClO3/c1-15-11-6-10(13)8(7-14)5-12(11)16-9-3-2-4-9/h5-6,9,14H,2-4,7H2,1H3. The van der Waals surface area contributed by atoms with Gasteiger partial charge in [0.25, 0.3) is 0 Å². The van der Waals surface area contributed by atoms with Gasteiger partial charge in [-0.25, -0.2) is 0 Å². The highest BCUT2D eigenvalue weighted by Crippen LogP contribution is 2.36. The first kappa shape index (κ1) is 11.6. The molecule has 1 saturated carbocycles. The molecule has 0 amide bonds. The van der Waals surface area contributed by atoms with E-state index in [1.807, 2.05) is 0 Å². The first-order chi connectivity index (χ1) is 7.74. The number of hydrogen-bond donors (Lipinski definition) is 1. The van der Waals surface area contributed by atoms with Gasteiger partial charge < -0.3 is 14.6 Å². The molecule has 1 N–H and O–H groups in total. The van der Waals surface area contributed by atoms with Crippen molar-refractivity contribution in [1.29, 1.82) is 0 Å². The van der Waals surface area contributed by atoms with Gasteiger partial charge in [-0.15, -0.1) is 0 Å². The summed E-state index contributed by atoms with van der Waals surface area (Å²) in [4.78, 5) is 0. The highest BCUT2D eigenvalue weighted by atomic mass is 35.5. The van der Waals surface area contributed by atoms with Crippen LogP contribution in [-0.2, 0) is 6.61 Å². The van der Waals surface area contributed by atoms with Gasteiger partial charge in [0.15, 0.2) is 11.5 Å². The topological polar surface area (TPSA) is 38.7 Å². The van der Waals surface area contributed by atoms with Crippen LogP contribution in [0.15, 0.2) is 12.1 Å². The minimum atomic E-state index is -0.0934. The average Bonchev–Trinajstić information content (AvgIpc) is 2.24. The summed E-state index contributed by atoms with van der Waals surface area (Å²) < 4.78 is 11.0. The molecular weight excluding hydrogens is 228 g/mol. The molecule has 1 fully saturated rings. The number of halogens is 1. The Balaban J connectivity index is 2.25. The van der Waals surface area contributed by atoms with E-state index in [1.54, 1.807) is 19.2 Å². The molecule has 0 saturated heterocycles. The lowest BCUT2D eigenvalue weighted by atomic mass is 9.96. The zero-order chi connectivity index (χ0) is 11.5. The van der Waals surface area contributed by atoms with Gasteiger partial charge in [0.05, 0.1) is 24.8 Å². The molecule has 88 valence electrons. The highest BCUT2D eigenvalue weighted by molar-refractivity contribution is 6.31. The number of ether oxygens (including phenoxy) is 2.